The summed E-state index contributed by atoms with van der Waals surface area (Å²) in [4.78, 5) is 13.8. The van der Waals surface area contributed by atoms with Gasteiger partial charge in [-0.2, -0.15) is 18.2 Å². The summed E-state index contributed by atoms with van der Waals surface area (Å²) in [5.74, 6) is -0.141. The molecule has 40 heavy (non-hydrogen) atoms. The van der Waals surface area contributed by atoms with Crippen LogP contribution in [0.25, 0.3) is 0 Å². The first-order chi connectivity index (χ1) is 18.7. The molecule has 1 aromatic carbocycles. The Labute approximate surface area is 240 Å². The molecule has 0 bridgehead atoms. The van der Waals surface area contributed by atoms with Gasteiger partial charge in [0, 0.05) is 47.1 Å². The van der Waals surface area contributed by atoms with Gasteiger partial charge in [-0.1, -0.05) is 0 Å². The SMILES string of the molecule is Cc1cc(SC2CC3(CCN(C(C)C)CC3)C2)ccc1Nc1ncc(C(F)(F)F)c(N2CCC(C(C)(C)O)C2)n1. The Morgan fingerprint density at radius 1 is 1.12 bits per heavy atom. The molecule has 10 heteroatoms. The van der Waals surface area contributed by atoms with E-state index in [1.54, 1.807) is 18.7 Å². The van der Waals surface area contributed by atoms with E-state index in [2.05, 4.69) is 46.2 Å². The first kappa shape index (κ1) is 29.5. The summed E-state index contributed by atoms with van der Waals surface area (Å²) in [5, 5.41) is 14.2. The molecule has 1 aromatic heterocycles. The lowest BCUT2D eigenvalue weighted by atomic mass is 9.63. The fourth-order valence-corrected chi connectivity index (χ4v) is 8.13. The van der Waals surface area contributed by atoms with Crippen LogP contribution in [-0.2, 0) is 6.18 Å². The maximum atomic E-state index is 13.8. The number of thioether (sulfide) groups is 1. The maximum absolute atomic E-state index is 13.8. The normalized spacial score (nSPS) is 22.2. The molecule has 6 nitrogen and oxygen atoms in total. The summed E-state index contributed by atoms with van der Waals surface area (Å²) >= 11 is 1.94. The number of hydrogen-bond donors (Lipinski definition) is 2. The van der Waals surface area contributed by atoms with Gasteiger partial charge in [0.15, 0.2) is 0 Å². The summed E-state index contributed by atoms with van der Waals surface area (Å²) in [6, 6.07) is 6.81. The minimum atomic E-state index is -4.57. The first-order valence-electron chi connectivity index (χ1n) is 14.4. The van der Waals surface area contributed by atoms with E-state index in [1.165, 1.54) is 43.7 Å². The number of nitrogens with one attached hydrogen (secondary N) is 1. The van der Waals surface area contributed by atoms with Crippen molar-refractivity contribution < 1.29 is 18.3 Å². The van der Waals surface area contributed by atoms with Crippen molar-refractivity contribution >= 4 is 29.2 Å². The molecule has 1 aliphatic carbocycles. The molecule has 3 heterocycles. The second kappa shape index (κ2) is 11.0. The highest BCUT2D eigenvalue weighted by atomic mass is 32.2. The number of piperidine rings is 1. The van der Waals surface area contributed by atoms with Crippen LogP contribution in [0.4, 0.5) is 30.6 Å². The summed E-state index contributed by atoms with van der Waals surface area (Å²) in [6.45, 7) is 13.1. The highest BCUT2D eigenvalue weighted by molar-refractivity contribution is 8.00. The van der Waals surface area contributed by atoms with E-state index in [0.29, 0.717) is 36.2 Å². The number of alkyl halides is 3. The second-order valence-electron chi connectivity index (χ2n) is 12.9. The standard InChI is InChI=1S/C30H42F3N5OS/c1-19(2)37-12-9-29(10-13-37)15-23(16-29)40-22-6-7-25(20(3)14-22)35-27-34-17-24(30(31,32)33)26(36-27)38-11-8-21(18-38)28(4,5)39/h6-7,14,17,19,21,23,39H,8-13,15-16,18H2,1-5H3,(H,34,35,36). The molecule has 3 fully saturated rings. The van der Waals surface area contributed by atoms with E-state index >= 15 is 0 Å². The number of hydrogen-bond acceptors (Lipinski definition) is 7. The number of nitrogens with zero attached hydrogens (tertiary/aromatic N) is 4. The van der Waals surface area contributed by atoms with Crippen LogP contribution in [0.1, 0.15) is 70.9 Å². The summed E-state index contributed by atoms with van der Waals surface area (Å²) in [5.41, 5.74) is 0.476. The number of rotatable bonds is 7. The lowest BCUT2D eigenvalue weighted by molar-refractivity contribution is -0.137. The third kappa shape index (κ3) is 6.39. The molecule has 1 spiro atoms. The molecule has 2 saturated heterocycles. The molecule has 2 N–H and O–H groups in total. The second-order valence-corrected chi connectivity index (χ2v) is 14.3. The zero-order chi connectivity index (χ0) is 28.9. The molecule has 0 amide bonds. The van der Waals surface area contributed by atoms with Gasteiger partial charge in [-0.05, 0) is 109 Å². The van der Waals surface area contributed by atoms with Gasteiger partial charge in [-0.25, -0.2) is 4.98 Å². The zero-order valence-electron chi connectivity index (χ0n) is 24.2. The Kier molecular flexibility index (Phi) is 8.09. The van der Waals surface area contributed by atoms with Gasteiger partial charge >= 0.3 is 6.18 Å². The molecule has 1 atom stereocenters. The van der Waals surface area contributed by atoms with Gasteiger partial charge in [-0.15, -0.1) is 11.8 Å². The van der Waals surface area contributed by atoms with E-state index in [9.17, 15) is 18.3 Å². The summed E-state index contributed by atoms with van der Waals surface area (Å²) in [6.07, 6.45) is 2.04. The third-order valence-electron chi connectivity index (χ3n) is 9.22. The van der Waals surface area contributed by atoms with Crippen LogP contribution in [0.15, 0.2) is 29.3 Å². The van der Waals surface area contributed by atoms with Crippen LogP contribution in [-0.4, -0.2) is 63.0 Å². The Bertz CT molecular complexity index is 1200. The van der Waals surface area contributed by atoms with Gasteiger partial charge in [-0.3, -0.25) is 0 Å². The number of aryl methyl sites for hydroxylation is 1. The van der Waals surface area contributed by atoms with Crippen molar-refractivity contribution in [1.29, 1.82) is 0 Å². The number of benzene rings is 1. The van der Waals surface area contributed by atoms with Crippen molar-refractivity contribution in [1.82, 2.24) is 14.9 Å². The minimum absolute atomic E-state index is 0.131. The van der Waals surface area contributed by atoms with Crippen LogP contribution in [0.5, 0.6) is 0 Å². The van der Waals surface area contributed by atoms with Crippen LogP contribution >= 0.6 is 11.8 Å². The van der Waals surface area contributed by atoms with Crippen molar-refractivity contribution in [2.45, 2.75) is 94.7 Å². The smallest absolute Gasteiger partial charge is 0.390 e. The monoisotopic (exact) mass is 577 g/mol. The van der Waals surface area contributed by atoms with Gasteiger partial charge < -0.3 is 20.2 Å². The molecule has 1 unspecified atom stereocenters. The Morgan fingerprint density at radius 2 is 1.82 bits per heavy atom. The van der Waals surface area contributed by atoms with E-state index in [-0.39, 0.29) is 17.7 Å². The largest absolute Gasteiger partial charge is 0.421 e. The first-order valence-corrected chi connectivity index (χ1v) is 15.3. The number of likely N-dealkylation sites (tertiary alicyclic amines) is 1. The van der Waals surface area contributed by atoms with Crippen LogP contribution in [0.2, 0.25) is 0 Å². The van der Waals surface area contributed by atoms with Crippen molar-refractivity contribution in [2.24, 2.45) is 11.3 Å². The number of halogens is 3. The molecule has 2 aromatic rings. The molecular weight excluding hydrogens is 535 g/mol. The van der Waals surface area contributed by atoms with Crippen LogP contribution < -0.4 is 10.2 Å². The van der Waals surface area contributed by atoms with E-state index < -0.39 is 17.3 Å². The van der Waals surface area contributed by atoms with Crippen LogP contribution in [0.3, 0.4) is 0 Å². The highest BCUT2D eigenvalue weighted by Crippen LogP contribution is 2.55. The highest BCUT2D eigenvalue weighted by Gasteiger charge is 2.46. The van der Waals surface area contributed by atoms with Gasteiger partial charge in [0.2, 0.25) is 5.95 Å². The predicted octanol–water partition coefficient (Wildman–Crippen LogP) is 6.89. The molecule has 1 saturated carbocycles. The van der Waals surface area contributed by atoms with Gasteiger partial charge in [0.1, 0.15) is 11.4 Å². The molecule has 5 rings (SSSR count). The summed E-state index contributed by atoms with van der Waals surface area (Å²) < 4.78 is 41.5. The van der Waals surface area contributed by atoms with Gasteiger partial charge in [0.25, 0.3) is 0 Å². The van der Waals surface area contributed by atoms with Crippen molar-refractivity contribution in [3.63, 3.8) is 0 Å². The van der Waals surface area contributed by atoms with Crippen molar-refractivity contribution in [3.05, 3.63) is 35.5 Å². The minimum Gasteiger partial charge on any atom is -0.390 e. The maximum Gasteiger partial charge on any atom is 0.421 e. The molecule has 2 aliphatic heterocycles. The lowest BCUT2D eigenvalue weighted by Crippen LogP contribution is -2.49. The molecular formula is C30H42F3N5OS. The fraction of sp³-hybridized carbons (Fsp3) is 0.667. The average molecular weight is 578 g/mol. The Hall–Kier alpha value is -2.04. The molecule has 220 valence electrons. The number of anilines is 3. The van der Waals surface area contributed by atoms with E-state index in [4.69, 9.17) is 0 Å². The quantitative estimate of drug-likeness (QED) is 0.372. The van der Waals surface area contributed by atoms with Gasteiger partial charge in [0.05, 0.1) is 5.60 Å². The zero-order valence-corrected chi connectivity index (χ0v) is 25.0. The van der Waals surface area contributed by atoms with Crippen molar-refractivity contribution in [3.8, 4) is 0 Å². The van der Waals surface area contributed by atoms with E-state index in [0.717, 1.165) is 17.4 Å². The number of aliphatic hydroxyl groups is 1. The Morgan fingerprint density at radius 3 is 2.40 bits per heavy atom. The van der Waals surface area contributed by atoms with E-state index in [1.807, 2.05) is 24.8 Å². The number of aromatic nitrogens is 2. The van der Waals surface area contributed by atoms with Crippen molar-refractivity contribution in [2.75, 3.05) is 36.4 Å². The fourth-order valence-electron chi connectivity index (χ4n) is 6.48. The summed E-state index contributed by atoms with van der Waals surface area (Å²) in [7, 11) is 0. The van der Waals surface area contributed by atoms with Crippen LogP contribution in [0, 0.1) is 18.3 Å². The average Bonchev–Trinajstić information content (AvgIpc) is 3.35. The molecule has 0 radical (unpaired) electrons. The Balaban J connectivity index is 1.24. The molecule has 3 aliphatic rings. The third-order valence-corrected chi connectivity index (χ3v) is 10.4. The topological polar surface area (TPSA) is 64.5 Å². The predicted molar refractivity (Wildman–Crippen MR) is 155 cm³/mol. The lowest BCUT2D eigenvalue weighted by Gasteiger charge is -2.52.